The third kappa shape index (κ3) is 4.90. The Morgan fingerprint density at radius 2 is 1.37 bits per heavy atom. The van der Waals surface area contributed by atoms with E-state index >= 15 is 0 Å². The number of hydrogen-bond acceptors (Lipinski definition) is 6. The molecule has 8 heteroatoms. The molecule has 142 valence electrons. The second kappa shape index (κ2) is 9.05. The average molecular weight is 405 g/mol. The van der Waals surface area contributed by atoms with Crippen LogP contribution >= 0.6 is 23.5 Å². The number of hydrogen-bond donors (Lipinski definition) is 2. The van der Waals surface area contributed by atoms with Crippen LogP contribution in [0.3, 0.4) is 0 Å². The Labute approximate surface area is 166 Å². The number of carbonyl (C=O) groups is 2. The normalized spacial score (nSPS) is 13.9. The Balaban J connectivity index is 1.60. The molecule has 1 fully saturated rings. The van der Waals surface area contributed by atoms with Gasteiger partial charge in [-0.25, -0.2) is 0 Å². The van der Waals surface area contributed by atoms with Crippen LogP contribution in [-0.4, -0.2) is 37.5 Å². The van der Waals surface area contributed by atoms with Gasteiger partial charge < -0.3 is 9.47 Å². The molecule has 0 aromatic heterocycles. The number of benzene rings is 2. The van der Waals surface area contributed by atoms with Crippen molar-refractivity contribution in [2.24, 2.45) is 0 Å². The van der Waals surface area contributed by atoms with Crippen molar-refractivity contribution in [2.45, 2.75) is 4.58 Å². The van der Waals surface area contributed by atoms with Crippen molar-refractivity contribution in [3.63, 3.8) is 0 Å². The molecule has 6 nitrogen and oxygen atoms in total. The van der Waals surface area contributed by atoms with Gasteiger partial charge in [0.2, 0.25) is 0 Å². The summed E-state index contributed by atoms with van der Waals surface area (Å²) in [4.78, 5) is 24.6. The third-order valence-electron chi connectivity index (χ3n) is 3.97. The number of amides is 2. The molecule has 2 amide bonds. The average Bonchev–Trinajstić information content (AvgIpc) is 3.26. The molecule has 0 bridgehead atoms. The van der Waals surface area contributed by atoms with Crippen LogP contribution in [0.4, 0.5) is 0 Å². The number of hydrazine groups is 1. The van der Waals surface area contributed by atoms with E-state index < -0.39 is 5.91 Å². The molecule has 0 atom stereocenters. The number of nitrogens with one attached hydrogen (secondary N) is 2. The smallest absolute Gasteiger partial charge is 0.269 e. The number of ether oxygens (including phenoxy) is 2. The fourth-order valence-electron chi connectivity index (χ4n) is 2.54. The summed E-state index contributed by atoms with van der Waals surface area (Å²) >= 11 is 3.82. The number of methoxy groups -OCH3 is 2. The molecule has 1 aliphatic heterocycles. The first kappa shape index (κ1) is 19.4. The molecular formula is C19H20N2O4S2. The lowest BCUT2D eigenvalue weighted by atomic mass is 10.1. The highest BCUT2D eigenvalue weighted by molar-refractivity contribution is 8.19. The van der Waals surface area contributed by atoms with Crippen LogP contribution in [0, 0.1) is 0 Å². The monoisotopic (exact) mass is 404 g/mol. The van der Waals surface area contributed by atoms with Crippen LogP contribution in [-0.2, 0) is 0 Å². The summed E-state index contributed by atoms with van der Waals surface area (Å²) in [6, 6.07) is 12.2. The Morgan fingerprint density at radius 3 is 1.89 bits per heavy atom. The summed E-state index contributed by atoms with van der Waals surface area (Å²) in [6.07, 6.45) is 0. The van der Waals surface area contributed by atoms with Crippen molar-refractivity contribution in [1.29, 1.82) is 0 Å². The van der Waals surface area contributed by atoms with E-state index in [1.807, 2.05) is 35.7 Å². The molecule has 27 heavy (non-hydrogen) atoms. The molecule has 0 spiro atoms. The lowest BCUT2D eigenvalue weighted by Crippen LogP contribution is -2.41. The zero-order valence-corrected chi connectivity index (χ0v) is 16.6. The molecule has 2 N–H and O–H groups in total. The molecule has 1 saturated heterocycles. The summed E-state index contributed by atoms with van der Waals surface area (Å²) in [5.41, 5.74) is 6.84. The number of thioether (sulfide) groups is 2. The Morgan fingerprint density at radius 1 is 0.852 bits per heavy atom. The summed E-state index contributed by atoms with van der Waals surface area (Å²) in [7, 11) is 3.01. The first-order chi connectivity index (χ1) is 13.1. The van der Waals surface area contributed by atoms with Crippen LogP contribution in [0.15, 0.2) is 42.5 Å². The molecule has 3 rings (SSSR count). The van der Waals surface area contributed by atoms with Crippen LogP contribution in [0.2, 0.25) is 0 Å². The van der Waals surface area contributed by atoms with Gasteiger partial charge in [0.05, 0.1) is 18.8 Å². The van der Waals surface area contributed by atoms with Gasteiger partial charge in [-0.2, -0.15) is 0 Å². The predicted octanol–water partition coefficient (Wildman–Crippen LogP) is 3.26. The zero-order valence-electron chi connectivity index (χ0n) is 15.0. The number of carbonyl (C=O) groups excluding carboxylic acids is 2. The van der Waals surface area contributed by atoms with Gasteiger partial charge in [0.1, 0.15) is 11.5 Å². The zero-order chi connectivity index (χ0) is 19.2. The largest absolute Gasteiger partial charge is 0.497 e. The topological polar surface area (TPSA) is 76.7 Å². The molecular weight excluding hydrogens is 384 g/mol. The minimum absolute atomic E-state index is 0.317. The summed E-state index contributed by atoms with van der Waals surface area (Å²) in [6.45, 7) is 0. The molecule has 0 saturated carbocycles. The van der Waals surface area contributed by atoms with Gasteiger partial charge in [-0.05, 0) is 29.8 Å². The minimum atomic E-state index is -0.462. The van der Waals surface area contributed by atoms with Gasteiger partial charge in [-0.15, -0.1) is 23.5 Å². The highest BCUT2D eigenvalue weighted by atomic mass is 32.2. The van der Waals surface area contributed by atoms with Gasteiger partial charge in [0.25, 0.3) is 11.8 Å². The first-order valence-electron chi connectivity index (χ1n) is 8.27. The fraction of sp³-hybridized carbons (Fsp3) is 0.263. The maximum Gasteiger partial charge on any atom is 0.269 e. The highest BCUT2D eigenvalue weighted by Gasteiger charge is 2.18. The molecule has 0 unspecified atom stereocenters. The second-order valence-corrected chi connectivity index (χ2v) is 8.43. The predicted molar refractivity (Wildman–Crippen MR) is 109 cm³/mol. The van der Waals surface area contributed by atoms with E-state index in [9.17, 15) is 9.59 Å². The third-order valence-corrected chi connectivity index (χ3v) is 7.07. The molecule has 0 aliphatic carbocycles. The van der Waals surface area contributed by atoms with Gasteiger partial charge in [0, 0.05) is 28.7 Å². The highest BCUT2D eigenvalue weighted by Crippen LogP contribution is 2.45. The van der Waals surface area contributed by atoms with Crippen LogP contribution in [0.1, 0.15) is 30.9 Å². The van der Waals surface area contributed by atoms with Crippen LogP contribution < -0.4 is 20.3 Å². The molecule has 1 aliphatic rings. The van der Waals surface area contributed by atoms with Crippen molar-refractivity contribution < 1.29 is 19.1 Å². The SMILES string of the molecule is COc1cc(OC)cc(C(=O)NNC(=O)c2ccc(C3SCCS3)cc2)c1. The Bertz CT molecular complexity index is 799. The fourth-order valence-corrected chi connectivity index (χ4v) is 5.40. The summed E-state index contributed by atoms with van der Waals surface area (Å²) in [5, 5.41) is 0. The van der Waals surface area contributed by atoms with Gasteiger partial charge in [0.15, 0.2) is 0 Å². The standard InChI is InChI=1S/C19H20N2O4S2/c1-24-15-9-14(10-16(11-15)25-2)18(23)21-20-17(22)12-3-5-13(6-4-12)19-26-7-8-27-19/h3-6,9-11,19H,7-8H2,1-2H3,(H,20,22)(H,21,23). The number of rotatable bonds is 5. The second-order valence-electron chi connectivity index (χ2n) is 5.71. The lowest BCUT2D eigenvalue weighted by Gasteiger charge is -2.11. The Hall–Kier alpha value is -2.32. The van der Waals surface area contributed by atoms with Crippen molar-refractivity contribution in [2.75, 3.05) is 25.7 Å². The lowest BCUT2D eigenvalue weighted by molar-refractivity contribution is 0.0846. The van der Waals surface area contributed by atoms with Crippen molar-refractivity contribution in [1.82, 2.24) is 10.9 Å². The summed E-state index contributed by atoms with van der Waals surface area (Å²) in [5.74, 6) is 2.44. The van der Waals surface area contributed by atoms with E-state index in [0.717, 1.165) is 11.5 Å². The summed E-state index contributed by atoms with van der Waals surface area (Å²) < 4.78 is 10.7. The van der Waals surface area contributed by atoms with E-state index in [1.165, 1.54) is 19.8 Å². The van der Waals surface area contributed by atoms with Crippen LogP contribution in [0.5, 0.6) is 11.5 Å². The molecule has 2 aromatic rings. The van der Waals surface area contributed by atoms with Crippen LogP contribution in [0.25, 0.3) is 0 Å². The van der Waals surface area contributed by atoms with E-state index in [2.05, 4.69) is 10.9 Å². The van der Waals surface area contributed by atoms with Gasteiger partial charge in [-0.1, -0.05) is 12.1 Å². The van der Waals surface area contributed by atoms with Crippen molar-refractivity contribution in [3.05, 3.63) is 59.2 Å². The molecule has 0 radical (unpaired) electrons. The minimum Gasteiger partial charge on any atom is -0.497 e. The van der Waals surface area contributed by atoms with E-state index in [1.54, 1.807) is 30.3 Å². The molecule has 2 aromatic carbocycles. The van der Waals surface area contributed by atoms with E-state index in [4.69, 9.17) is 9.47 Å². The van der Waals surface area contributed by atoms with E-state index in [0.29, 0.717) is 27.2 Å². The molecule has 1 heterocycles. The maximum atomic E-state index is 12.3. The van der Waals surface area contributed by atoms with Gasteiger partial charge >= 0.3 is 0 Å². The quantitative estimate of drug-likeness (QED) is 0.745. The maximum absolute atomic E-state index is 12.3. The van der Waals surface area contributed by atoms with E-state index in [-0.39, 0.29) is 5.91 Å². The Kier molecular flexibility index (Phi) is 6.52. The van der Waals surface area contributed by atoms with Crippen molar-refractivity contribution in [3.8, 4) is 11.5 Å². The first-order valence-corrected chi connectivity index (χ1v) is 10.4. The van der Waals surface area contributed by atoms with Gasteiger partial charge in [-0.3, -0.25) is 20.4 Å². The van der Waals surface area contributed by atoms with Crippen molar-refractivity contribution >= 4 is 35.3 Å².